The molecule has 0 saturated heterocycles. The van der Waals surface area contributed by atoms with Crippen LogP contribution >= 0.6 is 0 Å². The molecule has 5 rings (SSSR count). The smallest absolute Gasteiger partial charge is 0.193 e. The van der Waals surface area contributed by atoms with Crippen LogP contribution in [0.4, 0.5) is 8.78 Å². The molecule has 38 heavy (non-hydrogen) atoms. The number of carbonyl (C=O) groups is 1. The van der Waals surface area contributed by atoms with Crippen LogP contribution < -0.4 is 0 Å². The monoisotopic (exact) mass is 496 g/mol. The maximum atomic E-state index is 14.5. The van der Waals surface area contributed by atoms with Gasteiger partial charge in [-0.15, -0.1) is 0 Å². The highest BCUT2D eigenvalue weighted by Crippen LogP contribution is 2.35. The lowest BCUT2D eigenvalue weighted by Crippen LogP contribution is -2.05. The minimum atomic E-state index is -0.698. The summed E-state index contributed by atoms with van der Waals surface area (Å²) in [4.78, 5) is 13.9. The molecule has 0 heterocycles. The maximum Gasteiger partial charge on any atom is 0.193 e. The number of hydrogen-bond donors (Lipinski definition) is 0. The second kappa shape index (κ2) is 10.3. The second-order valence-corrected chi connectivity index (χ2v) is 8.58. The summed E-state index contributed by atoms with van der Waals surface area (Å²) in [5, 5.41) is 19.2. The maximum absolute atomic E-state index is 14.5. The molecule has 5 aromatic carbocycles. The van der Waals surface area contributed by atoms with E-state index in [2.05, 4.69) is 0 Å². The van der Waals surface area contributed by atoms with E-state index in [9.17, 15) is 24.1 Å². The Bertz CT molecular complexity index is 1760. The van der Waals surface area contributed by atoms with Gasteiger partial charge in [-0.1, -0.05) is 91.0 Å². The van der Waals surface area contributed by atoms with Gasteiger partial charge in [0.05, 0.1) is 11.1 Å². The van der Waals surface area contributed by atoms with Gasteiger partial charge in [-0.2, -0.15) is 10.5 Å². The number of carbonyl (C=O) groups excluding carboxylic acids is 1. The van der Waals surface area contributed by atoms with Crippen molar-refractivity contribution in [1.82, 2.24) is 0 Å². The van der Waals surface area contributed by atoms with E-state index in [0.717, 1.165) is 11.1 Å². The molecule has 0 saturated carbocycles. The summed E-state index contributed by atoms with van der Waals surface area (Å²) in [5.74, 6) is -1.73. The minimum absolute atomic E-state index is 0.144. The highest BCUT2D eigenvalue weighted by atomic mass is 19.1. The first-order valence-electron chi connectivity index (χ1n) is 11.7. The lowest BCUT2D eigenvalue weighted by molar-refractivity contribution is 0.103. The molecule has 3 nitrogen and oxygen atoms in total. The molecule has 0 unspecified atom stereocenters. The van der Waals surface area contributed by atoms with Gasteiger partial charge in [-0.05, 0) is 40.5 Å². The minimum Gasteiger partial charge on any atom is -0.289 e. The van der Waals surface area contributed by atoms with Crippen molar-refractivity contribution in [2.24, 2.45) is 0 Å². The third kappa shape index (κ3) is 4.46. The third-order valence-electron chi connectivity index (χ3n) is 6.37. The van der Waals surface area contributed by atoms with Crippen molar-refractivity contribution >= 4 is 5.78 Å². The van der Waals surface area contributed by atoms with Crippen molar-refractivity contribution in [3.8, 4) is 45.5 Å². The second-order valence-electron chi connectivity index (χ2n) is 8.58. The molecule has 0 spiro atoms. The molecular formula is C33H18F2N2O. The van der Waals surface area contributed by atoms with Crippen LogP contribution in [0, 0.1) is 34.3 Å². The van der Waals surface area contributed by atoms with Crippen LogP contribution in [-0.4, -0.2) is 5.78 Å². The van der Waals surface area contributed by atoms with E-state index in [1.165, 1.54) is 24.3 Å². The number of halogens is 2. The van der Waals surface area contributed by atoms with Gasteiger partial charge in [0, 0.05) is 22.3 Å². The largest absolute Gasteiger partial charge is 0.289 e. The van der Waals surface area contributed by atoms with Crippen LogP contribution in [0.2, 0.25) is 0 Å². The van der Waals surface area contributed by atoms with Crippen LogP contribution in [0.1, 0.15) is 27.0 Å². The number of rotatable bonds is 5. The SMILES string of the molecule is N#Cc1c(F)cccc1-c1ccc(-c2cccc(F)c2C#N)c(C(=O)c2ccc(-c3ccccc3)cc2)c1. The number of benzene rings is 5. The molecule has 0 aliphatic heterocycles. The molecule has 5 heteroatoms. The van der Waals surface area contributed by atoms with Crippen LogP contribution in [0.5, 0.6) is 0 Å². The van der Waals surface area contributed by atoms with E-state index in [1.54, 1.807) is 42.5 Å². The molecule has 5 aromatic rings. The Morgan fingerprint density at radius 3 is 1.74 bits per heavy atom. The van der Waals surface area contributed by atoms with Gasteiger partial charge in [0.25, 0.3) is 0 Å². The van der Waals surface area contributed by atoms with E-state index in [4.69, 9.17) is 0 Å². The van der Waals surface area contributed by atoms with Crippen molar-refractivity contribution in [2.75, 3.05) is 0 Å². The zero-order valence-corrected chi connectivity index (χ0v) is 20.0. The molecule has 0 atom stereocenters. The quantitative estimate of drug-likeness (QED) is 0.232. The van der Waals surface area contributed by atoms with Gasteiger partial charge < -0.3 is 0 Å². The third-order valence-corrected chi connectivity index (χ3v) is 6.37. The van der Waals surface area contributed by atoms with Crippen LogP contribution in [0.15, 0.2) is 109 Å². The van der Waals surface area contributed by atoms with Crippen molar-refractivity contribution < 1.29 is 13.6 Å². The highest BCUT2D eigenvalue weighted by molar-refractivity contribution is 6.14. The van der Waals surface area contributed by atoms with Gasteiger partial charge >= 0.3 is 0 Å². The van der Waals surface area contributed by atoms with Crippen molar-refractivity contribution in [3.63, 3.8) is 0 Å². The Morgan fingerprint density at radius 1 is 0.553 bits per heavy atom. The van der Waals surface area contributed by atoms with E-state index < -0.39 is 11.6 Å². The summed E-state index contributed by atoms with van der Waals surface area (Å²) < 4.78 is 28.9. The summed E-state index contributed by atoms with van der Waals surface area (Å²) in [5.41, 5.74) is 3.60. The lowest BCUT2D eigenvalue weighted by Gasteiger charge is -2.14. The van der Waals surface area contributed by atoms with Crippen molar-refractivity contribution in [3.05, 3.63) is 143 Å². The predicted octanol–water partition coefficient (Wildman–Crippen LogP) is 7.94. The van der Waals surface area contributed by atoms with Crippen LogP contribution in [0.3, 0.4) is 0 Å². The van der Waals surface area contributed by atoms with E-state index >= 15 is 0 Å². The van der Waals surface area contributed by atoms with Gasteiger partial charge in [0.15, 0.2) is 5.78 Å². The standard InChI is InChI=1S/C33H18F2N2O/c34-31-10-4-8-25(29(31)19-36)24-16-17-27(26-9-5-11-32(35)30(26)20-37)28(18-24)33(38)23-14-12-22(13-15-23)21-6-2-1-3-7-21/h1-18H. The Hall–Kier alpha value is -5.39. The average Bonchev–Trinajstić information content (AvgIpc) is 2.97. The molecule has 0 fully saturated rings. The summed E-state index contributed by atoms with van der Waals surface area (Å²) in [6, 6.07) is 33.9. The Labute approximate surface area is 218 Å². The molecule has 0 aliphatic rings. The van der Waals surface area contributed by atoms with Crippen molar-refractivity contribution in [2.45, 2.75) is 0 Å². The zero-order valence-electron chi connectivity index (χ0n) is 20.0. The number of nitrogens with zero attached hydrogens (tertiary/aromatic N) is 2. The Morgan fingerprint density at radius 2 is 1.11 bits per heavy atom. The van der Waals surface area contributed by atoms with E-state index in [1.807, 2.05) is 54.6 Å². The lowest BCUT2D eigenvalue weighted by atomic mass is 9.88. The Balaban J connectivity index is 1.68. The average molecular weight is 497 g/mol. The number of hydrogen-bond acceptors (Lipinski definition) is 3. The summed E-state index contributed by atoms with van der Waals surface area (Å²) in [7, 11) is 0. The molecule has 0 bridgehead atoms. The normalized spacial score (nSPS) is 10.4. The van der Waals surface area contributed by atoms with Crippen LogP contribution in [-0.2, 0) is 0 Å². The molecule has 0 aromatic heterocycles. The summed E-state index contributed by atoms with van der Waals surface area (Å²) >= 11 is 0. The first kappa shape index (κ1) is 24.3. The highest BCUT2D eigenvalue weighted by Gasteiger charge is 2.21. The van der Waals surface area contributed by atoms with E-state index in [-0.39, 0.29) is 28.0 Å². The van der Waals surface area contributed by atoms with Gasteiger partial charge in [0.1, 0.15) is 23.8 Å². The number of ketones is 1. The molecule has 0 amide bonds. The van der Waals surface area contributed by atoms with Gasteiger partial charge in [0.2, 0.25) is 0 Å². The first-order valence-corrected chi connectivity index (χ1v) is 11.7. The number of nitriles is 2. The summed E-state index contributed by atoms with van der Waals surface area (Å²) in [6.07, 6.45) is 0. The van der Waals surface area contributed by atoms with Gasteiger partial charge in [-0.25, -0.2) is 8.78 Å². The zero-order chi connectivity index (χ0) is 26.6. The van der Waals surface area contributed by atoms with Crippen molar-refractivity contribution in [1.29, 1.82) is 10.5 Å². The molecule has 0 radical (unpaired) electrons. The van der Waals surface area contributed by atoms with Crippen LogP contribution in [0.25, 0.3) is 33.4 Å². The summed E-state index contributed by atoms with van der Waals surface area (Å²) in [6.45, 7) is 0. The Kier molecular flexibility index (Phi) is 6.59. The predicted molar refractivity (Wildman–Crippen MR) is 142 cm³/mol. The fraction of sp³-hybridized carbons (Fsp3) is 0. The fourth-order valence-corrected chi connectivity index (χ4v) is 4.48. The topological polar surface area (TPSA) is 64.7 Å². The molecular weight excluding hydrogens is 478 g/mol. The fourth-order valence-electron chi connectivity index (χ4n) is 4.48. The first-order chi connectivity index (χ1) is 18.5. The van der Waals surface area contributed by atoms with E-state index in [0.29, 0.717) is 22.3 Å². The van der Waals surface area contributed by atoms with Gasteiger partial charge in [-0.3, -0.25) is 4.79 Å². The molecule has 0 aliphatic carbocycles. The molecule has 0 N–H and O–H groups in total. The molecule has 180 valence electrons.